The Morgan fingerprint density at radius 3 is 2.62 bits per heavy atom. The molecule has 1 saturated heterocycles. The molecule has 15 heteroatoms. The number of aliphatic carboxylic acids is 1. The van der Waals surface area contributed by atoms with Gasteiger partial charge < -0.3 is 25.7 Å². The first-order valence-electron chi connectivity index (χ1n) is 8.91. The monoisotopic (exact) mass is 483 g/mol. The second-order valence-electron chi connectivity index (χ2n) is 6.49. The van der Waals surface area contributed by atoms with E-state index in [0.29, 0.717) is 0 Å². The van der Waals surface area contributed by atoms with Gasteiger partial charge in [0.15, 0.2) is 10.8 Å². The van der Waals surface area contributed by atoms with E-state index in [1.165, 1.54) is 24.1 Å². The highest BCUT2D eigenvalue weighted by atomic mass is 32.2. The van der Waals surface area contributed by atoms with E-state index in [1.54, 1.807) is 0 Å². The predicted octanol–water partition coefficient (Wildman–Crippen LogP) is -0.706. The third kappa shape index (κ3) is 4.72. The van der Waals surface area contributed by atoms with Gasteiger partial charge in [-0.25, -0.2) is 14.6 Å². The van der Waals surface area contributed by atoms with E-state index in [4.69, 9.17) is 10.5 Å². The third-order valence-electron chi connectivity index (χ3n) is 4.23. The number of ether oxygens (including phenoxy) is 1. The molecule has 3 heterocycles. The first kappa shape index (κ1) is 23.2. The van der Waals surface area contributed by atoms with Gasteiger partial charge in [-0.15, -0.1) is 23.1 Å². The van der Waals surface area contributed by atoms with Crippen LogP contribution in [0.3, 0.4) is 0 Å². The Bertz CT molecular complexity index is 1070. The summed E-state index contributed by atoms with van der Waals surface area (Å²) in [5, 5.41) is 16.4. The van der Waals surface area contributed by atoms with E-state index in [-0.39, 0.29) is 40.2 Å². The van der Waals surface area contributed by atoms with E-state index in [1.807, 2.05) is 0 Å². The molecule has 2 aliphatic heterocycles. The quantitative estimate of drug-likeness (QED) is 0.146. The Balaban J connectivity index is 1.79. The maximum absolute atomic E-state index is 12.8. The molecule has 2 aliphatic rings. The lowest BCUT2D eigenvalue weighted by Crippen LogP contribution is -2.71. The van der Waals surface area contributed by atoms with Crippen LogP contribution in [-0.4, -0.2) is 74.2 Å². The molecule has 3 rings (SSSR count). The highest BCUT2D eigenvalue weighted by molar-refractivity contribution is 8.00. The number of nitrogen functional groups attached to an aromatic ring is 1. The SMILES string of the molecule is CC(=O)OCC1=C(C(=O)O)N2C(=O)C(NC(=O)C(=NOC(C)=O)c3csc(N)n3)[C@H]2SC1. The van der Waals surface area contributed by atoms with E-state index in [0.717, 1.165) is 23.2 Å². The number of nitrogens with one attached hydrogen (secondary N) is 1. The Hall–Kier alpha value is -3.46. The van der Waals surface area contributed by atoms with Gasteiger partial charge >= 0.3 is 17.9 Å². The average Bonchev–Trinajstić information content (AvgIpc) is 3.15. The van der Waals surface area contributed by atoms with Gasteiger partial charge in [0, 0.05) is 30.6 Å². The minimum atomic E-state index is -1.36. The summed E-state index contributed by atoms with van der Waals surface area (Å²) in [5.74, 6) is -4.07. The molecular formula is C17H17N5O8S2. The van der Waals surface area contributed by atoms with Crippen LogP contribution in [-0.2, 0) is 33.5 Å². The lowest BCUT2D eigenvalue weighted by atomic mass is 10.0. The Morgan fingerprint density at radius 1 is 1.34 bits per heavy atom. The minimum absolute atomic E-state index is 0.0426. The van der Waals surface area contributed by atoms with Crippen LogP contribution in [0.2, 0.25) is 0 Å². The molecule has 0 aliphatic carbocycles. The molecule has 4 N–H and O–H groups in total. The number of nitrogens with zero attached hydrogens (tertiary/aromatic N) is 3. The van der Waals surface area contributed by atoms with Crippen LogP contribution in [0.15, 0.2) is 21.8 Å². The number of rotatable bonds is 7. The highest BCUT2D eigenvalue weighted by Gasteiger charge is 2.54. The Labute approximate surface area is 188 Å². The Kier molecular flexibility index (Phi) is 6.78. The van der Waals surface area contributed by atoms with Crippen molar-refractivity contribution in [1.29, 1.82) is 0 Å². The summed E-state index contributed by atoms with van der Waals surface area (Å²) in [6, 6.07) is -1.06. The van der Waals surface area contributed by atoms with Gasteiger partial charge in [-0.05, 0) is 0 Å². The summed E-state index contributed by atoms with van der Waals surface area (Å²) < 4.78 is 4.87. The van der Waals surface area contributed by atoms with E-state index in [2.05, 4.69) is 20.3 Å². The maximum Gasteiger partial charge on any atom is 0.352 e. The molecular weight excluding hydrogens is 466 g/mol. The third-order valence-corrected chi connectivity index (χ3v) is 6.24. The second-order valence-corrected chi connectivity index (χ2v) is 8.49. The topological polar surface area (TPSA) is 191 Å². The molecule has 1 unspecified atom stereocenters. The molecule has 0 bridgehead atoms. The summed E-state index contributed by atoms with van der Waals surface area (Å²) in [6.45, 7) is 2.01. The molecule has 1 aromatic rings. The summed E-state index contributed by atoms with van der Waals surface area (Å²) in [7, 11) is 0. The number of β-lactam (4-membered cyclic amide) rings is 1. The van der Waals surface area contributed by atoms with Crippen molar-refractivity contribution in [2.75, 3.05) is 18.1 Å². The van der Waals surface area contributed by atoms with E-state index >= 15 is 0 Å². The summed E-state index contributed by atoms with van der Waals surface area (Å²) in [6.07, 6.45) is 0. The van der Waals surface area contributed by atoms with Crippen molar-refractivity contribution < 1.29 is 38.7 Å². The zero-order valence-electron chi connectivity index (χ0n) is 16.7. The zero-order chi connectivity index (χ0) is 23.6. The number of anilines is 1. The maximum atomic E-state index is 12.8. The molecule has 1 aromatic heterocycles. The molecule has 32 heavy (non-hydrogen) atoms. The summed E-state index contributed by atoms with van der Waals surface area (Å²) in [5.41, 5.74) is 5.23. The molecule has 0 radical (unpaired) electrons. The number of carboxylic acid groups (broad SMARTS) is 1. The molecule has 2 atom stereocenters. The number of thiazole rings is 1. The van der Waals surface area contributed by atoms with Gasteiger partial charge in [-0.2, -0.15) is 0 Å². The molecule has 0 spiro atoms. The number of esters is 1. The van der Waals surface area contributed by atoms with E-state index in [9.17, 15) is 29.1 Å². The number of nitrogens with two attached hydrogens (primary N) is 1. The number of amides is 2. The fraction of sp³-hybridized carbons (Fsp3) is 0.353. The van der Waals surface area contributed by atoms with Crippen LogP contribution in [0, 0.1) is 0 Å². The number of oxime groups is 1. The molecule has 170 valence electrons. The number of carbonyl (C=O) groups is 5. The highest BCUT2D eigenvalue weighted by Crippen LogP contribution is 2.40. The van der Waals surface area contributed by atoms with Crippen LogP contribution in [0.25, 0.3) is 0 Å². The molecule has 2 amide bonds. The van der Waals surface area contributed by atoms with Gasteiger partial charge in [0.05, 0.1) is 0 Å². The molecule has 0 saturated carbocycles. The van der Waals surface area contributed by atoms with E-state index < -0.39 is 41.1 Å². The van der Waals surface area contributed by atoms with Crippen LogP contribution in [0.1, 0.15) is 19.5 Å². The number of carbonyl (C=O) groups excluding carboxylic acids is 4. The van der Waals surface area contributed by atoms with Crippen LogP contribution in [0.4, 0.5) is 5.13 Å². The van der Waals surface area contributed by atoms with Crippen molar-refractivity contribution in [2.24, 2.45) is 5.16 Å². The van der Waals surface area contributed by atoms with Gasteiger partial charge in [0.25, 0.3) is 11.8 Å². The molecule has 13 nitrogen and oxygen atoms in total. The largest absolute Gasteiger partial charge is 0.477 e. The van der Waals surface area contributed by atoms with Crippen LogP contribution in [0.5, 0.6) is 0 Å². The number of carboxylic acids is 1. The van der Waals surface area contributed by atoms with Crippen LogP contribution < -0.4 is 11.1 Å². The predicted molar refractivity (Wildman–Crippen MR) is 111 cm³/mol. The number of fused-ring (bicyclic) bond motifs is 1. The van der Waals surface area contributed by atoms with Crippen LogP contribution >= 0.6 is 23.1 Å². The Morgan fingerprint density at radius 2 is 2.06 bits per heavy atom. The van der Waals surface area contributed by atoms with Crippen molar-refractivity contribution >= 4 is 63.7 Å². The number of aromatic nitrogens is 1. The number of hydrogen-bond acceptors (Lipinski definition) is 12. The van der Waals surface area contributed by atoms with Gasteiger partial charge in [0.1, 0.15) is 29.4 Å². The van der Waals surface area contributed by atoms with Crippen molar-refractivity contribution in [1.82, 2.24) is 15.2 Å². The number of thioether (sulfide) groups is 1. The first-order valence-corrected chi connectivity index (χ1v) is 10.8. The fourth-order valence-electron chi connectivity index (χ4n) is 2.90. The van der Waals surface area contributed by atoms with Crippen molar-refractivity contribution in [3.8, 4) is 0 Å². The standard InChI is InChI=1S/C17H17N5O8S2/c1-6(23)29-3-8-4-31-15-11(14(26)22(15)12(8)16(27)28)20-13(25)10(21-30-7(2)24)9-5-32-17(18)19-9/h5,11,15H,3-4H2,1-2H3,(H2,18,19)(H,20,25)(H,27,28)/t11?,15-/m1/s1. The van der Waals surface area contributed by atoms with Crippen molar-refractivity contribution in [3.63, 3.8) is 0 Å². The summed E-state index contributed by atoms with van der Waals surface area (Å²) in [4.78, 5) is 68.9. The van der Waals surface area contributed by atoms with Gasteiger partial charge in [0.2, 0.25) is 0 Å². The lowest BCUT2D eigenvalue weighted by Gasteiger charge is -2.49. The van der Waals surface area contributed by atoms with Crippen molar-refractivity contribution in [2.45, 2.75) is 25.3 Å². The number of hydrogen-bond donors (Lipinski definition) is 3. The summed E-state index contributed by atoms with van der Waals surface area (Å²) >= 11 is 2.23. The fourth-order valence-corrected chi connectivity index (χ4v) is 4.78. The second kappa shape index (κ2) is 9.35. The first-order chi connectivity index (χ1) is 15.1. The smallest absolute Gasteiger partial charge is 0.352 e. The normalized spacial score (nSPS) is 20.2. The lowest BCUT2D eigenvalue weighted by molar-refractivity contribution is -0.150. The molecule has 0 aromatic carbocycles. The van der Waals surface area contributed by atoms with Gasteiger partial charge in [-0.1, -0.05) is 5.16 Å². The van der Waals surface area contributed by atoms with Crippen molar-refractivity contribution in [3.05, 3.63) is 22.3 Å². The van der Waals surface area contributed by atoms with Gasteiger partial charge in [-0.3, -0.25) is 19.3 Å². The average molecular weight is 483 g/mol. The minimum Gasteiger partial charge on any atom is -0.477 e. The zero-order valence-corrected chi connectivity index (χ0v) is 18.3. The molecule has 1 fully saturated rings.